The Labute approximate surface area is 118 Å². The highest BCUT2D eigenvalue weighted by Gasteiger charge is 2.19. The summed E-state index contributed by atoms with van der Waals surface area (Å²) in [5.41, 5.74) is 1.10. The van der Waals surface area contributed by atoms with E-state index in [1.165, 1.54) is 0 Å². The maximum Gasteiger partial charge on any atom is 0.224 e. The summed E-state index contributed by atoms with van der Waals surface area (Å²) < 4.78 is 2.20. The van der Waals surface area contributed by atoms with Gasteiger partial charge in [-0.3, -0.25) is 0 Å². The lowest BCUT2D eigenvalue weighted by atomic mass is 10.3. The van der Waals surface area contributed by atoms with Crippen LogP contribution in [0.15, 0.2) is 18.6 Å². The van der Waals surface area contributed by atoms with Gasteiger partial charge in [-0.15, -0.1) is 0 Å². The van der Waals surface area contributed by atoms with Crippen molar-refractivity contribution in [1.82, 2.24) is 19.5 Å². The molecule has 0 fully saturated rings. The van der Waals surface area contributed by atoms with Crippen LogP contribution in [0.4, 0.5) is 11.8 Å². The molecule has 0 amide bonds. The molecule has 1 N–H and O–H groups in total. The molecular formula is C14H20N6. The van der Waals surface area contributed by atoms with Crippen LogP contribution in [0.5, 0.6) is 0 Å². The number of aromatic nitrogens is 4. The van der Waals surface area contributed by atoms with Gasteiger partial charge in [0.05, 0.1) is 6.54 Å². The average Bonchev–Trinajstić information content (AvgIpc) is 2.93. The van der Waals surface area contributed by atoms with E-state index in [9.17, 15) is 0 Å². The van der Waals surface area contributed by atoms with Crippen LogP contribution in [0, 0.1) is 6.92 Å². The van der Waals surface area contributed by atoms with Crippen molar-refractivity contribution in [3.8, 4) is 0 Å². The molecule has 0 unspecified atom stereocenters. The zero-order valence-electron chi connectivity index (χ0n) is 12.0. The van der Waals surface area contributed by atoms with E-state index in [0.29, 0.717) is 5.95 Å². The van der Waals surface area contributed by atoms with Crippen LogP contribution in [-0.4, -0.2) is 32.6 Å². The SMILES string of the molecule is CCCNc1ncc(C)c(N2CCn3ccnc3C2)n1. The van der Waals surface area contributed by atoms with Crippen molar-refractivity contribution >= 4 is 11.8 Å². The number of anilines is 2. The lowest BCUT2D eigenvalue weighted by Crippen LogP contribution is -2.34. The van der Waals surface area contributed by atoms with Crippen molar-refractivity contribution in [3.05, 3.63) is 30.0 Å². The molecule has 0 saturated carbocycles. The van der Waals surface area contributed by atoms with Gasteiger partial charge in [-0.2, -0.15) is 4.98 Å². The third-order valence-electron chi connectivity index (χ3n) is 3.52. The highest BCUT2D eigenvalue weighted by Crippen LogP contribution is 2.22. The Morgan fingerprint density at radius 2 is 2.20 bits per heavy atom. The molecule has 3 heterocycles. The zero-order valence-corrected chi connectivity index (χ0v) is 12.0. The van der Waals surface area contributed by atoms with E-state index in [0.717, 1.165) is 49.8 Å². The molecule has 0 spiro atoms. The van der Waals surface area contributed by atoms with Gasteiger partial charge in [0, 0.05) is 43.8 Å². The molecule has 1 aliphatic heterocycles. The number of hydrogen-bond donors (Lipinski definition) is 1. The highest BCUT2D eigenvalue weighted by atomic mass is 15.3. The number of hydrogen-bond acceptors (Lipinski definition) is 5. The van der Waals surface area contributed by atoms with E-state index < -0.39 is 0 Å². The molecule has 20 heavy (non-hydrogen) atoms. The predicted molar refractivity (Wildman–Crippen MR) is 78.8 cm³/mol. The lowest BCUT2D eigenvalue weighted by molar-refractivity contribution is 0.555. The summed E-state index contributed by atoms with van der Waals surface area (Å²) in [5, 5.41) is 3.25. The van der Waals surface area contributed by atoms with Crippen molar-refractivity contribution in [2.24, 2.45) is 0 Å². The van der Waals surface area contributed by atoms with E-state index >= 15 is 0 Å². The number of aryl methyl sites for hydroxylation is 1. The Hall–Kier alpha value is -2.11. The first-order valence-electron chi connectivity index (χ1n) is 7.10. The fourth-order valence-electron chi connectivity index (χ4n) is 2.43. The van der Waals surface area contributed by atoms with Gasteiger partial charge < -0.3 is 14.8 Å². The van der Waals surface area contributed by atoms with Gasteiger partial charge in [0.15, 0.2) is 0 Å². The van der Waals surface area contributed by atoms with E-state index in [1.807, 2.05) is 18.6 Å². The summed E-state index contributed by atoms with van der Waals surface area (Å²) in [5.74, 6) is 2.81. The molecule has 0 aromatic carbocycles. The smallest absolute Gasteiger partial charge is 0.224 e. The molecule has 6 heteroatoms. The van der Waals surface area contributed by atoms with Gasteiger partial charge in [-0.25, -0.2) is 9.97 Å². The van der Waals surface area contributed by atoms with Gasteiger partial charge in [0.2, 0.25) is 5.95 Å². The monoisotopic (exact) mass is 272 g/mol. The molecule has 3 rings (SSSR count). The van der Waals surface area contributed by atoms with Crippen LogP contribution in [0.3, 0.4) is 0 Å². The van der Waals surface area contributed by atoms with Crippen molar-refractivity contribution in [2.75, 3.05) is 23.3 Å². The molecular weight excluding hydrogens is 252 g/mol. The first-order chi connectivity index (χ1) is 9.78. The Balaban J connectivity index is 1.83. The minimum Gasteiger partial charge on any atom is -0.354 e. The van der Waals surface area contributed by atoms with E-state index in [1.54, 1.807) is 0 Å². The molecule has 0 aliphatic carbocycles. The van der Waals surface area contributed by atoms with E-state index in [-0.39, 0.29) is 0 Å². The lowest BCUT2D eigenvalue weighted by Gasteiger charge is -2.29. The minimum absolute atomic E-state index is 0.710. The summed E-state index contributed by atoms with van der Waals surface area (Å²) in [4.78, 5) is 15.7. The van der Waals surface area contributed by atoms with Crippen LogP contribution in [-0.2, 0) is 13.1 Å². The first-order valence-corrected chi connectivity index (χ1v) is 7.10. The molecule has 106 valence electrons. The number of nitrogens with zero attached hydrogens (tertiary/aromatic N) is 5. The van der Waals surface area contributed by atoms with Crippen molar-refractivity contribution in [2.45, 2.75) is 33.4 Å². The van der Waals surface area contributed by atoms with Crippen molar-refractivity contribution in [3.63, 3.8) is 0 Å². The van der Waals surface area contributed by atoms with E-state index in [2.05, 4.69) is 43.6 Å². The summed E-state index contributed by atoms with van der Waals surface area (Å²) in [6.45, 7) is 7.79. The molecule has 1 aliphatic rings. The summed E-state index contributed by atoms with van der Waals surface area (Å²) in [7, 11) is 0. The largest absolute Gasteiger partial charge is 0.354 e. The third kappa shape index (κ3) is 2.45. The minimum atomic E-state index is 0.710. The van der Waals surface area contributed by atoms with Crippen LogP contribution >= 0.6 is 0 Å². The van der Waals surface area contributed by atoms with Crippen molar-refractivity contribution < 1.29 is 0 Å². The van der Waals surface area contributed by atoms with Gasteiger partial charge in [0.1, 0.15) is 11.6 Å². The van der Waals surface area contributed by atoms with Gasteiger partial charge in [-0.05, 0) is 13.3 Å². The average molecular weight is 272 g/mol. The maximum absolute atomic E-state index is 4.66. The number of rotatable bonds is 4. The second-order valence-electron chi connectivity index (χ2n) is 5.09. The fraction of sp³-hybridized carbons (Fsp3) is 0.500. The second-order valence-corrected chi connectivity index (χ2v) is 5.09. The van der Waals surface area contributed by atoms with Crippen LogP contribution in [0.1, 0.15) is 24.7 Å². The van der Waals surface area contributed by atoms with Gasteiger partial charge in [0.25, 0.3) is 0 Å². The van der Waals surface area contributed by atoms with Crippen LogP contribution < -0.4 is 10.2 Å². The number of fused-ring (bicyclic) bond motifs is 1. The highest BCUT2D eigenvalue weighted by molar-refractivity contribution is 5.49. The van der Waals surface area contributed by atoms with Gasteiger partial charge in [-0.1, -0.05) is 6.92 Å². The first kappa shape index (κ1) is 12.9. The molecule has 0 saturated heterocycles. The fourth-order valence-corrected chi connectivity index (χ4v) is 2.43. The molecule has 6 nitrogen and oxygen atoms in total. The summed E-state index contributed by atoms with van der Waals surface area (Å²) in [6, 6.07) is 0. The standard InChI is InChI=1S/C14H20N6/c1-3-4-16-14-17-9-11(2)13(18-14)20-8-7-19-6-5-15-12(19)10-20/h5-6,9H,3-4,7-8,10H2,1-2H3,(H,16,17,18). The van der Waals surface area contributed by atoms with Crippen LogP contribution in [0.2, 0.25) is 0 Å². The Morgan fingerprint density at radius 3 is 3.05 bits per heavy atom. The third-order valence-corrected chi connectivity index (χ3v) is 3.52. The van der Waals surface area contributed by atoms with Crippen LogP contribution in [0.25, 0.3) is 0 Å². The quantitative estimate of drug-likeness (QED) is 0.920. The topological polar surface area (TPSA) is 58.9 Å². The number of nitrogens with one attached hydrogen (secondary N) is 1. The molecule has 2 aromatic heterocycles. The molecule has 0 atom stereocenters. The summed E-state index contributed by atoms with van der Waals surface area (Å²) >= 11 is 0. The Morgan fingerprint density at radius 1 is 1.30 bits per heavy atom. The molecule has 2 aromatic rings. The van der Waals surface area contributed by atoms with E-state index in [4.69, 9.17) is 0 Å². The molecule has 0 bridgehead atoms. The zero-order chi connectivity index (χ0) is 13.9. The van der Waals surface area contributed by atoms with Crippen molar-refractivity contribution in [1.29, 1.82) is 0 Å². The normalized spacial score (nSPS) is 14.2. The predicted octanol–water partition coefficient (Wildman–Crippen LogP) is 1.82. The summed E-state index contributed by atoms with van der Waals surface area (Å²) in [6.07, 6.45) is 6.85. The Kier molecular flexibility index (Phi) is 3.54. The maximum atomic E-state index is 4.66. The second kappa shape index (κ2) is 5.48. The van der Waals surface area contributed by atoms with Gasteiger partial charge >= 0.3 is 0 Å². The Bertz CT molecular complexity index is 591. The molecule has 0 radical (unpaired) electrons. The number of imidazole rings is 1.